The first-order chi connectivity index (χ1) is 21.6. The maximum Gasteiger partial charge on any atom is 2.00 e. The second-order valence-corrected chi connectivity index (χ2v) is 9.24. The largest absolute Gasteiger partial charge is 2.00 e. The van der Waals surface area contributed by atoms with Crippen molar-refractivity contribution in [2.24, 2.45) is 0 Å². The van der Waals surface area contributed by atoms with E-state index in [0.29, 0.717) is 73.9 Å². The number of anilines is 2. The number of nitrogens with zero attached hydrogens (tertiary/aromatic N) is 4. The molecular formula is C34H40Cl4N6O4Zn. The van der Waals surface area contributed by atoms with Gasteiger partial charge in [-0.05, 0) is 38.8 Å². The quantitative estimate of drug-likeness (QED) is 0.104. The van der Waals surface area contributed by atoms with Gasteiger partial charge in [0.2, 0.25) is 22.3 Å². The van der Waals surface area contributed by atoms with E-state index in [9.17, 15) is 0 Å². The molecule has 0 aliphatic heterocycles. The van der Waals surface area contributed by atoms with Crippen LogP contribution in [0.4, 0.5) is 22.7 Å². The first-order valence-corrected chi connectivity index (χ1v) is 14.7. The number of nitrogens with one attached hydrogen (secondary N) is 2. The third kappa shape index (κ3) is 16.0. The summed E-state index contributed by atoms with van der Waals surface area (Å²) in [4.78, 5) is 6.52. The van der Waals surface area contributed by atoms with Crippen molar-refractivity contribution in [3.05, 3.63) is 106 Å². The topological polar surface area (TPSA) is 117 Å². The first-order valence-electron chi connectivity index (χ1n) is 14.7. The van der Waals surface area contributed by atoms with Crippen LogP contribution in [0.15, 0.2) is 84.9 Å². The van der Waals surface area contributed by atoms with Crippen molar-refractivity contribution >= 4 is 22.7 Å². The van der Waals surface area contributed by atoms with Crippen LogP contribution in [0.1, 0.15) is 38.8 Å². The molecule has 0 heterocycles. The van der Waals surface area contributed by atoms with Crippen molar-refractivity contribution in [3.8, 4) is 23.0 Å². The molecule has 0 bridgehead atoms. The Morgan fingerprint density at radius 2 is 0.796 bits per heavy atom. The summed E-state index contributed by atoms with van der Waals surface area (Å²) in [5.41, 5.74) is 4.66. The predicted molar refractivity (Wildman–Crippen MR) is 175 cm³/mol. The molecule has 0 aliphatic rings. The van der Waals surface area contributed by atoms with Gasteiger partial charge in [0.15, 0.2) is 21.5 Å². The molecule has 0 radical (unpaired) electrons. The molecule has 4 rings (SSSR count). The number of diazo groups is 2. The minimum Gasteiger partial charge on any atom is -1.00 e. The Bertz CT molecular complexity index is 1450. The molecule has 0 aliphatic carbocycles. The summed E-state index contributed by atoms with van der Waals surface area (Å²) in [6.07, 6.45) is 0. The van der Waals surface area contributed by atoms with E-state index in [1.54, 1.807) is 24.3 Å². The summed E-state index contributed by atoms with van der Waals surface area (Å²) in [6, 6.07) is 27.1. The molecular weight excluding hydrogens is 764 g/mol. The first kappa shape index (κ1) is 49.7. The van der Waals surface area contributed by atoms with Gasteiger partial charge in [0.05, 0.1) is 49.9 Å². The zero-order valence-electron chi connectivity index (χ0n) is 28.0. The zero-order valence-corrected chi connectivity index (χ0v) is 34.0. The summed E-state index contributed by atoms with van der Waals surface area (Å²) in [5, 5.41) is 24.9. The van der Waals surface area contributed by atoms with Crippen LogP contribution in [0.5, 0.6) is 23.0 Å². The molecule has 2 N–H and O–H groups in total. The Morgan fingerprint density at radius 1 is 0.490 bits per heavy atom. The summed E-state index contributed by atoms with van der Waals surface area (Å²) in [6.45, 7) is 11.0. The molecule has 0 fully saturated rings. The molecule has 0 atom stereocenters. The van der Waals surface area contributed by atoms with Gasteiger partial charge in [0.1, 0.15) is 0 Å². The molecule has 0 amide bonds. The van der Waals surface area contributed by atoms with Crippen molar-refractivity contribution in [2.75, 3.05) is 37.1 Å². The maximum atomic E-state index is 9.11. The average Bonchev–Trinajstić information content (AvgIpc) is 3.06. The van der Waals surface area contributed by atoms with Crippen LogP contribution < -0.4 is 79.2 Å². The molecule has 0 saturated heterocycles. The second-order valence-electron chi connectivity index (χ2n) is 9.24. The molecule has 0 spiro atoms. The molecule has 0 unspecified atom stereocenters. The Hall–Kier alpha value is -3.70. The van der Waals surface area contributed by atoms with Crippen LogP contribution in [-0.2, 0) is 32.6 Å². The van der Waals surface area contributed by atoms with E-state index in [4.69, 9.17) is 29.7 Å². The van der Waals surface area contributed by atoms with Gasteiger partial charge in [-0.3, -0.25) is 0 Å². The number of ether oxygens (including phenoxy) is 4. The third-order valence-corrected chi connectivity index (χ3v) is 6.19. The number of hydrogen-bond acceptors (Lipinski definition) is 8. The Morgan fingerprint density at radius 3 is 1.08 bits per heavy atom. The van der Waals surface area contributed by atoms with E-state index >= 15 is 0 Å². The Labute approximate surface area is 326 Å². The maximum absolute atomic E-state index is 9.11. The molecule has 15 heteroatoms. The fraction of sp³-hybridized carbons (Fsp3) is 0.294. The zero-order chi connectivity index (χ0) is 31.6. The normalized spacial score (nSPS) is 8.86. The fourth-order valence-electron chi connectivity index (χ4n) is 4.21. The smallest absolute Gasteiger partial charge is 1.00 e. The molecule has 0 aromatic heterocycles. The van der Waals surface area contributed by atoms with Crippen LogP contribution in [0.3, 0.4) is 0 Å². The standard InChI is InChI=1S/2C17H20N3O2.4ClH.Zn/c2*1-3-21-16-11-15(20-18)17(22-4-2)10-14(16)19-12-13-8-6-5-7-9-13;;;;;/h2*5-11,19H,3-4,12H2,1-2H3;4*1H;/q2*+1;;;;;+2/p-4. The summed E-state index contributed by atoms with van der Waals surface area (Å²) < 4.78 is 22.2. The molecule has 10 nitrogen and oxygen atoms in total. The number of benzene rings is 4. The Balaban J connectivity index is -0.000000784. The summed E-state index contributed by atoms with van der Waals surface area (Å²) in [5.74, 6) is 2.30. The van der Waals surface area contributed by atoms with Gasteiger partial charge in [0.25, 0.3) is 0 Å². The van der Waals surface area contributed by atoms with Crippen molar-refractivity contribution in [2.45, 2.75) is 40.8 Å². The van der Waals surface area contributed by atoms with Crippen molar-refractivity contribution < 1.29 is 88.1 Å². The summed E-state index contributed by atoms with van der Waals surface area (Å²) >= 11 is 0. The molecule has 260 valence electrons. The minimum atomic E-state index is 0. The van der Waals surface area contributed by atoms with Gasteiger partial charge < -0.3 is 79.2 Å². The SMILES string of the molecule is CCOc1cc(NCc2ccccc2)c(OCC)cc1[N+]#N.CCOc1cc(NCc2ccccc2)c(OCC)cc1[N+]#N.[Cl-].[Cl-].[Cl-].[Cl-].[Zn+2]. The van der Waals surface area contributed by atoms with Gasteiger partial charge in [0, 0.05) is 25.2 Å². The van der Waals surface area contributed by atoms with Crippen LogP contribution in [0, 0.1) is 10.8 Å². The third-order valence-electron chi connectivity index (χ3n) is 6.19. The predicted octanol–water partition coefficient (Wildman–Crippen LogP) is -2.83. The van der Waals surface area contributed by atoms with Gasteiger partial charge in [-0.15, -0.1) is 0 Å². The summed E-state index contributed by atoms with van der Waals surface area (Å²) in [7, 11) is 0. The Kier molecular flexibility index (Phi) is 28.6. The number of hydrogen-bond donors (Lipinski definition) is 2. The van der Waals surface area contributed by atoms with E-state index in [1.165, 1.54) is 11.1 Å². The van der Waals surface area contributed by atoms with E-state index in [-0.39, 0.29) is 69.1 Å². The van der Waals surface area contributed by atoms with Gasteiger partial charge >= 0.3 is 30.9 Å². The van der Waals surface area contributed by atoms with Crippen LogP contribution in [0.2, 0.25) is 0 Å². The number of rotatable bonds is 14. The molecule has 0 saturated carbocycles. The van der Waals surface area contributed by atoms with Gasteiger partial charge in [-0.2, -0.15) is 0 Å². The van der Waals surface area contributed by atoms with Crippen molar-refractivity contribution in [1.29, 1.82) is 10.8 Å². The average molecular weight is 804 g/mol. The molecule has 4 aromatic rings. The molecule has 4 aromatic carbocycles. The van der Waals surface area contributed by atoms with Gasteiger partial charge in [-0.25, -0.2) is 0 Å². The van der Waals surface area contributed by atoms with E-state index in [1.807, 2.05) is 88.4 Å². The van der Waals surface area contributed by atoms with E-state index in [0.717, 1.165) is 11.4 Å². The van der Waals surface area contributed by atoms with Crippen LogP contribution >= 0.6 is 0 Å². The van der Waals surface area contributed by atoms with Crippen LogP contribution in [-0.4, -0.2) is 26.4 Å². The fourth-order valence-corrected chi connectivity index (χ4v) is 4.21. The van der Waals surface area contributed by atoms with Gasteiger partial charge in [-0.1, -0.05) is 60.7 Å². The van der Waals surface area contributed by atoms with Crippen molar-refractivity contribution in [1.82, 2.24) is 0 Å². The van der Waals surface area contributed by atoms with Crippen LogP contribution in [0.25, 0.3) is 9.95 Å². The van der Waals surface area contributed by atoms with E-state index < -0.39 is 0 Å². The second kappa shape index (κ2) is 28.2. The minimum absolute atomic E-state index is 0. The van der Waals surface area contributed by atoms with Crippen molar-refractivity contribution in [3.63, 3.8) is 0 Å². The molecule has 49 heavy (non-hydrogen) atoms. The number of halogens is 4. The van der Waals surface area contributed by atoms with E-state index in [2.05, 4.69) is 20.6 Å². The monoisotopic (exact) mass is 800 g/mol.